The molecule has 0 saturated heterocycles. The third kappa shape index (κ3) is 4.92. The molecule has 0 atom stereocenters. The minimum Gasteiger partial charge on any atom is -0.371 e. The maximum Gasteiger partial charge on any atom is 0.191 e. The van der Waals surface area contributed by atoms with Gasteiger partial charge in [0.25, 0.3) is 0 Å². The number of aromatic nitrogens is 1. The fraction of sp³-hybridized carbons (Fsp3) is 0.211. The molecule has 3 aromatic rings. The molecule has 0 amide bonds. The van der Waals surface area contributed by atoms with Gasteiger partial charge in [0.2, 0.25) is 0 Å². The Morgan fingerprint density at radius 2 is 1.77 bits per heavy atom. The Morgan fingerprint density at radius 3 is 2.58 bits per heavy atom. The summed E-state index contributed by atoms with van der Waals surface area (Å²) in [5.41, 5.74) is 1.80. The molecule has 4 nitrogen and oxygen atoms in total. The van der Waals surface area contributed by atoms with Crippen molar-refractivity contribution in [1.29, 1.82) is 0 Å². The SMILES string of the molecule is O=c1cc(NCCCNCc2ccc(Cl)c(Cl)c2)[nH]c2ccc(Cl)cc12. The van der Waals surface area contributed by atoms with Crippen molar-refractivity contribution < 1.29 is 0 Å². The number of rotatable bonds is 7. The summed E-state index contributed by atoms with van der Waals surface area (Å²) in [4.78, 5) is 15.3. The van der Waals surface area contributed by atoms with Crippen LogP contribution in [0.2, 0.25) is 15.1 Å². The van der Waals surface area contributed by atoms with E-state index in [-0.39, 0.29) is 5.43 Å². The van der Waals surface area contributed by atoms with E-state index >= 15 is 0 Å². The highest BCUT2D eigenvalue weighted by Gasteiger charge is 2.03. The largest absolute Gasteiger partial charge is 0.371 e. The predicted octanol–water partition coefficient (Wildman–Crippen LogP) is 5.08. The lowest BCUT2D eigenvalue weighted by molar-refractivity contribution is 0.663. The van der Waals surface area contributed by atoms with E-state index in [1.807, 2.05) is 18.2 Å². The zero-order valence-electron chi connectivity index (χ0n) is 13.9. The third-order valence-corrected chi connectivity index (χ3v) is 4.92. The number of benzene rings is 2. The van der Waals surface area contributed by atoms with Gasteiger partial charge in [0.15, 0.2) is 5.43 Å². The summed E-state index contributed by atoms with van der Waals surface area (Å²) in [6.45, 7) is 2.30. The zero-order chi connectivity index (χ0) is 18.5. The molecule has 0 bridgehead atoms. The van der Waals surface area contributed by atoms with Gasteiger partial charge in [-0.1, -0.05) is 40.9 Å². The highest BCUT2D eigenvalue weighted by atomic mass is 35.5. The lowest BCUT2D eigenvalue weighted by atomic mass is 10.2. The maximum absolute atomic E-state index is 12.1. The van der Waals surface area contributed by atoms with Crippen molar-refractivity contribution in [3.63, 3.8) is 0 Å². The number of H-pyrrole nitrogens is 1. The van der Waals surface area contributed by atoms with Gasteiger partial charge in [-0.3, -0.25) is 4.79 Å². The summed E-state index contributed by atoms with van der Waals surface area (Å²) in [6, 6.07) is 12.4. The van der Waals surface area contributed by atoms with Crippen molar-refractivity contribution in [2.75, 3.05) is 18.4 Å². The molecule has 7 heteroatoms. The minimum absolute atomic E-state index is 0.0542. The van der Waals surface area contributed by atoms with Gasteiger partial charge in [0.05, 0.1) is 15.6 Å². The summed E-state index contributed by atoms with van der Waals surface area (Å²) in [6.07, 6.45) is 0.905. The van der Waals surface area contributed by atoms with E-state index in [0.29, 0.717) is 26.3 Å². The summed E-state index contributed by atoms with van der Waals surface area (Å²) in [5, 5.41) is 8.86. The van der Waals surface area contributed by atoms with Gasteiger partial charge in [-0.05, 0) is 48.9 Å². The van der Waals surface area contributed by atoms with Crippen molar-refractivity contribution in [2.45, 2.75) is 13.0 Å². The normalized spacial score (nSPS) is 11.0. The van der Waals surface area contributed by atoms with Gasteiger partial charge < -0.3 is 15.6 Å². The van der Waals surface area contributed by atoms with Gasteiger partial charge in [0, 0.05) is 29.6 Å². The van der Waals surface area contributed by atoms with Gasteiger partial charge >= 0.3 is 0 Å². The molecule has 2 aromatic carbocycles. The topological polar surface area (TPSA) is 56.9 Å². The number of hydrogen-bond donors (Lipinski definition) is 3. The number of fused-ring (bicyclic) bond motifs is 1. The standard InChI is InChI=1S/C19H18Cl3N3O/c20-13-3-5-17-14(9-13)18(26)10-19(25-17)24-7-1-6-23-11-12-2-4-15(21)16(22)8-12/h2-5,8-10,23H,1,6-7,11H2,(H2,24,25,26). The fourth-order valence-electron chi connectivity index (χ4n) is 2.63. The number of anilines is 1. The molecule has 0 spiro atoms. The second-order valence-electron chi connectivity index (χ2n) is 5.94. The minimum atomic E-state index is -0.0542. The number of halogens is 3. The molecular weight excluding hydrogens is 393 g/mol. The van der Waals surface area contributed by atoms with Crippen molar-refractivity contribution in [3.8, 4) is 0 Å². The monoisotopic (exact) mass is 409 g/mol. The maximum atomic E-state index is 12.1. The van der Waals surface area contributed by atoms with Crippen LogP contribution < -0.4 is 16.1 Å². The van der Waals surface area contributed by atoms with Crippen LogP contribution in [0.15, 0.2) is 47.3 Å². The molecule has 0 unspecified atom stereocenters. The van der Waals surface area contributed by atoms with E-state index in [4.69, 9.17) is 34.8 Å². The van der Waals surface area contributed by atoms with E-state index in [9.17, 15) is 4.79 Å². The molecule has 0 aliphatic rings. The lowest BCUT2D eigenvalue weighted by Crippen LogP contribution is -2.18. The van der Waals surface area contributed by atoms with Gasteiger partial charge in [0.1, 0.15) is 5.82 Å². The Morgan fingerprint density at radius 1 is 0.923 bits per heavy atom. The number of aromatic amines is 1. The molecule has 0 aliphatic heterocycles. The van der Waals surface area contributed by atoms with Crippen LogP contribution in [0.4, 0.5) is 5.82 Å². The van der Waals surface area contributed by atoms with Gasteiger partial charge in [-0.25, -0.2) is 0 Å². The highest BCUT2D eigenvalue weighted by Crippen LogP contribution is 2.22. The predicted molar refractivity (Wildman–Crippen MR) is 111 cm³/mol. The van der Waals surface area contributed by atoms with Crippen LogP contribution in [-0.2, 0) is 6.54 Å². The number of pyridine rings is 1. The first-order valence-electron chi connectivity index (χ1n) is 8.24. The van der Waals surface area contributed by atoms with Crippen molar-refractivity contribution in [1.82, 2.24) is 10.3 Å². The third-order valence-electron chi connectivity index (χ3n) is 3.95. The summed E-state index contributed by atoms with van der Waals surface area (Å²) >= 11 is 17.8. The van der Waals surface area contributed by atoms with E-state index in [1.165, 1.54) is 0 Å². The molecule has 1 aromatic heterocycles. The molecule has 26 heavy (non-hydrogen) atoms. The first-order valence-corrected chi connectivity index (χ1v) is 9.37. The molecule has 0 radical (unpaired) electrons. The van der Waals surface area contributed by atoms with E-state index in [2.05, 4.69) is 15.6 Å². The first-order chi connectivity index (χ1) is 12.5. The molecule has 0 aliphatic carbocycles. The average Bonchev–Trinajstić information content (AvgIpc) is 2.61. The molecule has 3 N–H and O–H groups in total. The van der Waals surface area contributed by atoms with E-state index in [0.717, 1.165) is 37.1 Å². The van der Waals surface area contributed by atoms with Crippen LogP contribution in [0.5, 0.6) is 0 Å². The Kier molecular flexibility index (Phi) is 6.43. The average molecular weight is 411 g/mol. The quantitative estimate of drug-likeness (QED) is 0.476. The first kappa shape index (κ1) is 19.1. The Hall–Kier alpha value is -1.72. The fourth-order valence-corrected chi connectivity index (χ4v) is 3.13. The van der Waals surface area contributed by atoms with E-state index < -0.39 is 0 Å². The van der Waals surface area contributed by atoms with Crippen LogP contribution >= 0.6 is 34.8 Å². The molecule has 0 fully saturated rings. The molecular formula is C19H18Cl3N3O. The summed E-state index contributed by atoms with van der Waals surface area (Å²) < 4.78 is 0. The van der Waals surface area contributed by atoms with Crippen LogP contribution in [0.25, 0.3) is 10.9 Å². The second-order valence-corrected chi connectivity index (χ2v) is 7.19. The van der Waals surface area contributed by atoms with Crippen LogP contribution in [-0.4, -0.2) is 18.1 Å². The van der Waals surface area contributed by atoms with E-state index in [1.54, 1.807) is 24.3 Å². The van der Waals surface area contributed by atoms with Gasteiger partial charge in [-0.15, -0.1) is 0 Å². The Balaban J connectivity index is 1.46. The zero-order valence-corrected chi connectivity index (χ0v) is 16.2. The van der Waals surface area contributed by atoms with Crippen molar-refractivity contribution >= 4 is 51.5 Å². The second kappa shape index (κ2) is 8.78. The van der Waals surface area contributed by atoms with Crippen LogP contribution in [0, 0.1) is 0 Å². The molecule has 0 saturated carbocycles. The lowest BCUT2D eigenvalue weighted by Gasteiger charge is -2.09. The molecule has 136 valence electrons. The van der Waals surface area contributed by atoms with Gasteiger partial charge in [-0.2, -0.15) is 0 Å². The van der Waals surface area contributed by atoms with Crippen molar-refractivity contribution in [3.05, 3.63) is 73.3 Å². The number of hydrogen-bond acceptors (Lipinski definition) is 3. The summed E-state index contributed by atoms with van der Waals surface area (Å²) in [7, 11) is 0. The molecule has 3 rings (SSSR count). The molecule has 1 heterocycles. The van der Waals surface area contributed by atoms with Crippen molar-refractivity contribution in [2.24, 2.45) is 0 Å². The number of nitrogens with one attached hydrogen (secondary N) is 3. The smallest absolute Gasteiger partial charge is 0.191 e. The highest BCUT2D eigenvalue weighted by molar-refractivity contribution is 6.42. The Bertz CT molecular complexity index is 972. The Labute approximate surface area is 166 Å². The van der Waals surface area contributed by atoms with Crippen LogP contribution in [0.3, 0.4) is 0 Å². The summed E-state index contributed by atoms with van der Waals surface area (Å²) in [5.74, 6) is 0.703. The van der Waals surface area contributed by atoms with Crippen LogP contribution in [0.1, 0.15) is 12.0 Å².